The minimum Gasteiger partial charge on any atom is -0.385 e. The first-order chi connectivity index (χ1) is 10.9. The van der Waals surface area contributed by atoms with E-state index < -0.39 is 5.60 Å². The molecule has 0 bridgehead atoms. The van der Waals surface area contributed by atoms with Gasteiger partial charge in [-0.05, 0) is 37.3 Å². The Morgan fingerprint density at radius 1 is 0.783 bits per heavy atom. The molecule has 1 aromatic rings. The summed E-state index contributed by atoms with van der Waals surface area (Å²) in [6, 6.07) is 8.43. The van der Waals surface area contributed by atoms with Crippen LogP contribution in [-0.4, -0.2) is 5.11 Å². The van der Waals surface area contributed by atoms with Crippen molar-refractivity contribution in [1.29, 1.82) is 0 Å². The summed E-state index contributed by atoms with van der Waals surface area (Å²) < 4.78 is 0. The molecule has 132 valence electrons. The number of benzene rings is 1. The first-order valence-corrected chi connectivity index (χ1v) is 9.52. The van der Waals surface area contributed by atoms with Crippen LogP contribution in [0, 0.1) is 0 Å². The maximum absolute atomic E-state index is 10.7. The summed E-state index contributed by atoms with van der Waals surface area (Å²) in [5, 5.41) is 10.7. The first kappa shape index (κ1) is 20.2. The molecule has 23 heavy (non-hydrogen) atoms. The topological polar surface area (TPSA) is 46.2 Å². The highest BCUT2D eigenvalue weighted by Crippen LogP contribution is 2.33. The normalized spacial score (nSPS) is 14.7. The average Bonchev–Trinajstić information content (AvgIpc) is 2.56. The third-order valence-electron chi connectivity index (χ3n) is 5.05. The Morgan fingerprint density at radius 3 is 1.61 bits per heavy atom. The van der Waals surface area contributed by atoms with Crippen LogP contribution in [0.4, 0.5) is 0 Å². The number of aliphatic hydroxyl groups is 1. The van der Waals surface area contributed by atoms with Crippen LogP contribution < -0.4 is 5.73 Å². The monoisotopic (exact) mass is 319 g/mol. The second kappa shape index (κ2) is 9.44. The van der Waals surface area contributed by atoms with Crippen molar-refractivity contribution in [3.05, 3.63) is 35.4 Å². The van der Waals surface area contributed by atoms with Gasteiger partial charge in [0.2, 0.25) is 0 Å². The molecule has 0 fully saturated rings. The van der Waals surface area contributed by atoms with Crippen LogP contribution in [0.1, 0.15) is 96.6 Å². The zero-order chi connectivity index (χ0) is 17.3. The van der Waals surface area contributed by atoms with E-state index in [4.69, 9.17) is 5.73 Å². The summed E-state index contributed by atoms with van der Waals surface area (Å²) in [7, 11) is 0. The van der Waals surface area contributed by atoms with Gasteiger partial charge in [0.05, 0.1) is 5.60 Å². The Morgan fingerprint density at radius 2 is 1.17 bits per heavy atom. The maximum Gasteiger partial charge on any atom is 0.0868 e. The zero-order valence-electron chi connectivity index (χ0n) is 15.7. The molecule has 3 N–H and O–H groups in total. The standard InChI is InChI=1S/C21H37NO/c1-5-8-15-20(4,23)18-11-13-19(14-12-18)21(22,16-9-6-2)17-10-7-3/h11-14,23H,5-10,15-17,22H2,1-4H3. The van der Waals surface area contributed by atoms with Gasteiger partial charge < -0.3 is 10.8 Å². The zero-order valence-corrected chi connectivity index (χ0v) is 15.7. The molecule has 1 rings (SSSR count). The third-order valence-corrected chi connectivity index (χ3v) is 5.05. The third kappa shape index (κ3) is 5.93. The maximum atomic E-state index is 10.7. The molecule has 0 spiro atoms. The predicted octanol–water partition coefficient (Wildman–Crippen LogP) is 5.62. The van der Waals surface area contributed by atoms with E-state index in [1.165, 1.54) is 18.4 Å². The van der Waals surface area contributed by atoms with Gasteiger partial charge in [0, 0.05) is 5.54 Å². The molecule has 1 unspecified atom stereocenters. The minimum atomic E-state index is -0.737. The highest BCUT2D eigenvalue weighted by molar-refractivity contribution is 5.31. The van der Waals surface area contributed by atoms with Crippen LogP contribution in [0.5, 0.6) is 0 Å². The molecule has 0 heterocycles. The van der Waals surface area contributed by atoms with Gasteiger partial charge in [-0.2, -0.15) is 0 Å². The van der Waals surface area contributed by atoms with Gasteiger partial charge in [-0.3, -0.25) is 0 Å². The highest BCUT2D eigenvalue weighted by Gasteiger charge is 2.27. The van der Waals surface area contributed by atoms with E-state index in [0.29, 0.717) is 0 Å². The molecule has 0 saturated heterocycles. The van der Waals surface area contributed by atoms with Gasteiger partial charge in [0.15, 0.2) is 0 Å². The summed E-state index contributed by atoms with van der Waals surface area (Å²) in [4.78, 5) is 0. The molecule has 0 aliphatic rings. The van der Waals surface area contributed by atoms with Crippen molar-refractivity contribution < 1.29 is 5.11 Å². The predicted molar refractivity (Wildman–Crippen MR) is 100 cm³/mol. The van der Waals surface area contributed by atoms with E-state index in [1.807, 2.05) is 6.92 Å². The summed E-state index contributed by atoms with van der Waals surface area (Å²) in [5.41, 5.74) is 8.03. The fourth-order valence-corrected chi connectivity index (χ4v) is 3.22. The summed E-state index contributed by atoms with van der Waals surface area (Å²) in [5.74, 6) is 0. The Labute approximate surface area is 143 Å². The number of rotatable bonds is 11. The smallest absolute Gasteiger partial charge is 0.0868 e. The quantitative estimate of drug-likeness (QED) is 0.556. The van der Waals surface area contributed by atoms with Gasteiger partial charge in [0.1, 0.15) is 0 Å². The molecular weight excluding hydrogens is 282 g/mol. The number of hydrogen-bond acceptors (Lipinski definition) is 2. The largest absolute Gasteiger partial charge is 0.385 e. The average molecular weight is 320 g/mol. The Bertz CT molecular complexity index is 428. The molecular formula is C21H37NO. The number of hydrogen-bond donors (Lipinski definition) is 2. The van der Waals surface area contributed by atoms with E-state index >= 15 is 0 Å². The molecule has 0 saturated carbocycles. The van der Waals surface area contributed by atoms with Crippen LogP contribution >= 0.6 is 0 Å². The fourth-order valence-electron chi connectivity index (χ4n) is 3.22. The number of nitrogens with two attached hydrogens (primary N) is 1. The highest BCUT2D eigenvalue weighted by atomic mass is 16.3. The molecule has 1 aromatic carbocycles. The van der Waals surface area contributed by atoms with Crippen LogP contribution in [0.3, 0.4) is 0 Å². The lowest BCUT2D eigenvalue weighted by Gasteiger charge is -2.31. The molecule has 0 amide bonds. The van der Waals surface area contributed by atoms with Crippen molar-refractivity contribution in [3.63, 3.8) is 0 Å². The Hall–Kier alpha value is -0.860. The lowest BCUT2D eigenvalue weighted by Crippen LogP contribution is -2.36. The van der Waals surface area contributed by atoms with Crippen LogP contribution in [0.15, 0.2) is 24.3 Å². The molecule has 0 aromatic heterocycles. The first-order valence-electron chi connectivity index (χ1n) is 9.52. The minimum absolute atomic E-state index is 0.222. The van der Waals surface area contributed by atoms with Crippen LogP contribution in [-0.2, 0) is 11.1 Å². The van der Waals surface area contributed by atoms with Crippen LogP contribution in [0.25, 0.3) is 0 Å². The second-order valence-electron chi connectivity index (χ2n) is 7.32. The van der Waals surface area contributed by atoms with E-state index in [0.717, 1.165) is 50.5 Å². The van der Waals surface area contributed by atoms with E-state index in [9.17, 15) is 5.11 Å². The van der Waals surface area contributed by atoms with Crippen molar-refractivity contribution in [2.75, 3.05) is 0 Å². The van der Waals surface area contributed by atoms with Crippen molar-refractivity contribution in [1.82, 2.24) is 0 Å². The van der Waals surface area contributed by atoms with E-state index in [1.54, 1.807) is 0 Å². The van der Waals surface area contributed by atoms with Gasteiger partial charge in [0.25, 0.3) is 0 Å². The molecule has 0 radical (unpaired) electrons. The molecule has 0 aliphatic carbocycles. The summed E-state index contributed by atoms with van der Waals surface area (Å²) in [6.45, 7) is 8.51. The lowest BCUT2D eigenvalue weighted by atomic mass is 9.80. The summed E-state index contributed by atoms with van der Waals surface area (Å²) >= 11 is 0. The lowest BCUT2D eigenvalue weighted by molar-refractivity contribution is 0.0453. The van der Waals surface area contributed by atoms with Gasteiger partial charge in [-0.25, -0.2) is 0 Å². The van der Waals surface area contributed by atoms with Crippen LogP contribution in [0.2, 0.25) is 0 Å². The van der Waals surface area contributed by atoms with Gasteiger partial charge >= 0.3 is 0 Å². The molecule has 0 aliphatic heterocycles. The van der Waals surface area contributed by atoms with Gasteiger partial charge in [-0.15, -0.1) is 0 Å². The fraction of sp³-hybridized carbons (Fsp3) is 0.714. The SMILES string of the molecule is CCCCC(C)(O)c1ccc(C(N)(CCCC)CCCC)cc1. The molecule has 2 heteroatoms. The number of unbranched alkanes of at least 4 members (excludes halogenated alkanes) is 3. The van der Waals surface area contributed by atoms with E-state index in [-0.39, 0.29) is 5.54 Å². The van der Waals surface area contributed by atoms with Crippen molar-refractivity contribution in [2.45, 2.75) is 96.6 Å². The molecule has 1 atom stereocenters. The van der Waals surface area contributed by atoms with E-state index in [2.05, 4.69) is 45.0 Å². The van der Waals surface area contributed by atoms with Crippen molar-refractivity contribution in [3.8, 4) is 0 Å². The molecule has 2 nitrogen and oxygen atoms in total. The summed E-state index contributed by atoms with van der Waals surface area (Å²) in [6.07, 6.45) is 9.71. The van der Waals surface area contributed by atoms with Crippen molar-refractivity contribution >= 4 is 0 Å². The Kier molecular flexibility index (Phi) is 8.28. The second-order valence-corrected chi connectivity index (χ2v) is 7.32. The van der Waals surface area contributed by atoms with Gasteiger partial charge in [-0.1, -0.05) is 83.6 Å². The van der Waals surface area contributed by atoms with Crippen molar-refractivity contribution in [2.24, 2.45) is 5.73 Å². The Balaban J connectivity index is 2.93.